The fourth-order valence-electron chi connectivity index (χ4n) is 2.30. The lowest BCUT2D eigenvalue weighted by Gasteiger charge is -2.13. The molecular weight excluding hydrogens is 358 g/mol. The molecule has 26 heavy (non-hydrogen) atoms. The Bertz CT molecular complexity index is 862. The number of carboxylic acid groups (broad SMARTS) is 1. The molecule has 0 bridgehead atoms. The zero-order chi connectivity index (χ0) is 19.2. The van der Waals surface area contributed by atoms with Gasteiger partial charge in [-0.05, 0) is 49.6 Å². The van der Waals surface area contributed by atoms with Gasteiger partial charge in [0.25, 0.3) is 10.0 Å². The molecule has 0 spiro atoms. The minimum Gasteiger partial charge on any atom is -0.550 e. The predicted molar refractivity (Wildman–Crippen MR) is 94.7 cm³/mol. The minimum atomic E-state index is -3.79. The molecule has 0 aromatic heterocycles. The molecule has 0 heterocycles. The van der Waals surface area contributed by atoms with Crippen LogP contribution in [0.1, 0.15) is 18.9 Å². The molecule has 7 nitrogen and oxygen atoms in total. The number of aryl methyl sites for hydroxylation is 1. The van der Waals surface area contributed by atoms with Gasteiger partial charge >= 0.3 is 0 Å². The Labute approximate surface area is 152 Å². The van der Waals surface area contributed by atoms with E-state index in [0.29, 0.717) is 23.8 Å². The number of rotatable bonds is 9. The van der Waals surface area contributed by atoms with Crippen LogP contribution in [0.2, 0.25) is 0 Å². The topological polar surface area (TPSA) is 105 Å². The molecule has 0 atom stereocenters. The van der Waals surface area contributed by atoms with Crippen molar-refractivity contribution in [1.29, 1.82) is 0 Å². The highest BCUT2D eigenvalue weighted by atomic mass is 32.2. The summed E-state index contributed by atoms with van der Waals surface area (Å²) < 4.78 is 38.1. The van der Waals surface area contributed by atoms with Gasteiger partial charge in [-0.2, -0.15) is 0 Å². The highest BCUT2D eigenvalue weighted by Gasteiger charge is 2.15. The summed E-state index contributed by atoms with van der Waals surface area (Å²) in [5, 5.41) is 10.5. The van der Waals surface area contributed by atoms with Crippen molar-refractivity contribution in [2.45, 2.75) is 24.7 Å². The van der Waals surface area contributed by atoms with Crippen molar-refractivity contribution in [2.24, 2.45) is 0 Å². The van der Waals surface area contributed by atoms with Gasteiger partial charge in [0.2, 0.25) is 0 Å². The standard InChI is InChI=1S/C18H21NO6S/c1-3-25-16-10-7-14(12-17(16)24-2)19-26(22,23)15-8-4-13(5-9-15)6-11-18(20)21/h4-5,7-10,12,19H,3,6,11H2,1-2H3,(H,20,21)/p-1. The molecule has 0 fully saturated rings. The highest BCUT2D eigenvalue weighted by Crippen LogP contribution is 2.31. The Balaban J connectivity index is 2.16. The molecule has 0 aliphatic carbocycles. The van der Waals surface area contributed by atoms with Crippen molar-refractivity contribution in [3.63, 3.8) is 0 Å². The van der Waals surface area contributed by atoms with E-state index in [0.717, 1.165) is 5.56 Å². The van der Waals surface area contributed by atoms with E-state index in [1.54, 1.807) is 24.3 Å². The summed E-state index contributed by atoms with van der Waals surface area (Å²) in [4.78, 5) is 10.6. The number of ether oxygens (including phenoxy) is 2. The van der Waals surface area contributed by atoms with Gasteiger partial charge in [0.15, 0.2) is 11.5 Å². The van der Waals surface area contributed by atoms with E-state index in [1.165, 1.54) is 25.3 Å². The van der Waals surface area contributed by atoms with Gasteiger partial charge in [0, 0.05) is 12.0 Å². The maximum Gasteiger partial charge on any atom is 0.261 e. The maximum atomic E-state index is 12.5. The van der Waals surface area contributed by atoms with Crippen molar-refractivity contribution in [1.82, 2.24) is 0 Å². The second-order valence-electron chi connectivity index (χ2n) is 5.42. The summed E-state index contributed by atoms with van der Waals surface area (Å²) in [5.74, 6) is -0.201. The third-order valence-corrected chi connectivity index (χ3v) is 4.96. The van der Waals surface area contributed by atoms with Gasteiger partial charge in [-0.15, -0.1) is 0 Å². The summed E-state index contributed by atoms with van der Waals surface area (Å²) in [6, 6.07) is 10.8. The molecule has 0 unspecified atom stereocenters. The average molecular weight is 378 g/mol. The minimum absolute atomic E-state index is 0.0718. The van der Waals surface area contributed by atoms with Crippen LogP contribution in [-0.4, -0.2) is 28.1 Å². The SMILES string of the molecule is CCOc1ccc(NS(=O)(=O)c2ccc(CCC(=O)[O-])cc2)cc1OC. The van der Waals surface area contributed by atoms with Crippen LogP contribution in [0, 0.1) is 0 Å². The van der Waals surface area contributed by atoms with E-state index in [1.807, 2.05) is 6.92 Å². The summed E-state index contributed by atoms with van der Waals surface area (Å²) in [6.45, 7) is 2.30. The first-order chi connectivity index (χ1) is 12.4. The molecule has 2 rings (SSSR count). The number of aliphatic carboxylic acids is 1. The number of hydrogen-bond donors (Lipinski definition) is 1. The first-order valence-electron chi connectivity index (χ1n) is 7.98. The number of nitrogens with one attached hydrogen (secondary N) is 1. The fraction of sp³-hybridized carbons (Fsp3) is 0.278. The molecule has 0 amide bonds. The van der Waals surface area contributed by atoms with Gasteiger partial charge in [-0.25, -0.2) is 8.42 Å². The molecule has 0 saturated heterocycles. The molecule has 0 aliphatic rings. The summed E-state index contributed by atoms with van der Waals surface area (Å²) in [6.07, 6.45) is 0.169. The Morgan fingerprint density at radius 2 is 1.81 bits per heavy atom. The van der Waals surface area contributed by atoms with E-state index >= 15 is 0 Å². The van der Waals surface area contributed by atoms with Crippen LogP contribution in [0.3, 0.4) is 0 Å². The van der Waals surface area contributed by atoms with E-state index < -0.39 is 16.0 Å². The van der Waals surface area contributed by atoms with Crippen LogP contribution in [0.25, 0.3) is 0 Å². The molecule has 1 N–H and O–H groups in total. The largest absolute Gasteiger partial charge is 0.550 e. The molecule has 8 heteroatoms. The number of hydrogen-bond acceptors (Lipinski definition) is 6. The number of carboxylic acids is 1. The van der Waals surface area contributed by atoms with Crippen LogP contribution in [0.15, 0.2) is 47.4 Å². The number of carbonyl (C=O) groups is 1. The van der Waals surface area contributed by atoms with E-state index in [9.17, 15) is 18.3 Å². The maximum absolute atomic E-state index is 12.5. The fourth-order valence-corrected chi connectivity index (χ4v) is 3.35. The van der Waals surface area contributed by atoms with Crippen LogP contribution >= 0.6 is 0 Å². The first kappa shape index (κ1) is 19.6. The smallest absolute Gasteiger partial charge is 0.261 e. The van der Waals surface area contributed by atoms with Crippen molar-refractivity contribution in [2.75, 3.05) is 18.4 Å². The highest BCUT2D eigenvalue weighted by molar-refractivity contribution is 7.92. The average Bonchev–Trinajstić information content (AvgIpc) is 2.61. The van der Waals surface area contributed by atoms with Crippen LogP contribution in [0.4, 0.5) is 5.69 Å². The molecule has 0 saturated carbocycles. The Morgan fingerprint density at radius 1 is 1.12 bits per heavy atom. The van der Waals surface area contributed by atoms with Crippen molar-refractivity contribution < 1.29 is 27.8 Å². The second-order valence-corrected chi connectivity index (χ2v) is 7.10. The number of benzene rings is 2. The normalized spacial score (nSPS) is 11.0. The van der Waals surface area contributed by atoms with E-state index in [2.05, 4.69) is 4.72 Å². The lowest BCUT2D eigenvalue weighted by atomic mass is 10.1. The molecule has 0 aliphatic heterocycles. The zero-order valence-corrected chi connectivity index (χ0v) is 15.3. The van der Waals surface area contributed by atoms with Gasteiger partial charge < -0.3 is 19.4 Å². The zero-order valence-electron chi connectivity index (χ0n) is 14.5. The van der Waals surface area contributed by atoms with E-state index in [-0.39, 0.29) is 17.7 Å². The third kappa shape index (κ3) is 5.13. The molecular formula is C18H20NO6S-. The Morgan fingerprint density at radius 3 is 2.38 bits per heavy atom. The third-order valence-electron chi connectivity index (χ3n) is 3.57. The van der Waals surface area contributed by atoms with Gasteiger partial charge in [0.05, 0.1) is 24.3 Å². The number of anilines is 1. The summed E-state index contributed by atoms with van der Waals surface area (Å²) in [7, 11) is -2.31. The molecule has 2 aromatic rings. The Kier molecular flexibility index (Phi) is 6.46. The van der Waals surface area contributed by atoms with Gasteiger partial charge in [-0.3, -0.25) is 4.72 Å². The predicted octanol–water partition coefficient (Wildman–Crippen LogP) is 1.58. The number of carbonyl (C=O) groups excluding carboxylic acids is 1. The number of methoxy groups -OCH3 is 1. The monoisotopic (exact) mass is 378 g/mol. The van der Waals surface area contributed by atoms with Crippen molar-refractivity contribution in [3.8, 4) is 11.5 Å². The summed E-state index contributed by atoms with van der Waals surface area (Å²) >= 11 is 0. The second kappa shape index (κ2) is 8.57. The first-order valence-corrected chi connectivity index (χ1v) is 9.46. The van der Waals surface area contributed by atoms with E-state index in [4.69, 9.17) is 9.47 Å². The lowest BCUT2D eigenvalue weighted by molar-refractivity contribution is -0.305. The summed E-state index contributed by atoms with van der Waals surface area (Å²) in [5.41, 5.74) is 1.06. The quantitative estimate of drug-likeness (QED) is 0.710. The van der Waals surface area contributed by atoms with Crippen molar-refractivity contribution in [3.05, 3.63) is 48.0 Å². The lowest BCUT2D eigenvalue weighted by Crippen LogP contribution is -2.22. The Hall–Kier alpha value is -2.74. The van der Waals surface area contributed by atoms with Crippen molar-refractivity contribution >= 4 is 21.7 Å². The molecule has 0 radical (unpaired) electrons. The van der Waals surface area contributed by atoms with Gasteiger partial charge in [-0.1, -0.05) is 12.1 Å². The van der Waals surface area contributed by atoms with Crippen LogP contribution in [-0.2, 0) is 21.2 Å². The van der Waals surface area contributed by atoms with Crippen LogP contribution in [0.5, 0.6) is 11.5 Å². The number of sulfonamides is 1. The van der Waals surface area contributed by atoms with Gasteiger partial charge in [0.1, 0.15) is 0 Å². The molecule has 140 valence electrons. The van der Waals surface area contributed by atoms with Crippen LogP contribution < -0.4 is 19.3 Å². The molecule has 2 aromatic carbocycles.